The van der Waals surface area contributed by atoms with E-state index in [1.165, 1.54) is 0 Å². The largest absolute Gasteiger partial charge is 0.490 e. The highest BCUT2D eigenvalue weighted by molar-refractivity contribution is 7.72. The van der Waals surface area contributed by atoms with Crippen molar-refractivity contribution in [1.82, 2.24) is 9.55 Å². The summed E-state index contributed by atoms with van der Waals surface area (Å²) in [7, 11) is -17.3. The number of aromatic amines is 1. The summed E-state index contributed by atoms with van der Waals surface area (Å²) in [6.45, 7) is -1.38. The fourth-order valence-corrected chi connectivity index (χ4v) is 6.10. The molecule has 190 valence electrons. The topological polar surface area (TPSA) is 210 Å². The Hall–Kier alpha value is -0.430. The van der Waals surface area contributed by atoms with Crippen LogP contribution >= 0.6 is 47.9 Å². The lowest BCUT2D eigenvalue weighted by molar-refractivity contribution is -0.211. The second-order valence-corrected chi connectivity index (χ2v) is 11.4. The Labute approximate surface area is 190 Å². The molecule has 23 heteroatoms. The summed E-state index contributed by atoms with van der Waals surface area (Å²) in [6.07, 6.45) is -11.4. The molecule has 1 aliphatic rings. The molecule has 33 heavy (non-hydrogen) atoms. The molecule has 1 aromatic heterocycles. The molecule has 1 saturated heterocycles. The minimum Gasteiger partial charge on any atom is -0.389 e. The Bertz CT molecular complexity index is 1150. The third-order valence-electron chi connectivity index (χ3n) is 3.76. The molecule has 0 saturated carbocycles. The average molecular weight is 586 g/mol. The minimum absolute atomic E-state index is 0.451. The number of aliphatic hydroxyl groups is 1. The number of rotatable bonds is 8. The molecule has 1 aliphatic heterocycles. The Morgan fingerprint density at radius 2 is 1.70 bits per heavy atom. The molecule has 6 N–H and O–H groups in total. The molecule has 0 spiro atoms. The third kappa shape index (κ3) is 7.78. The van der Waals surface area contributed by atoms with E-state index in [9.17, 15) is 41.3 Å². The van der Waals surface area contributed by atoms with E-state index in [0.717, 1.165) is 0 Å². The highest BCUT2D eigenvalue weighted by Gasteiger charge is 2.58. The lowest BCUT2D eigenvalue weighted by atomic mass is 9.99. The standard InChI is InChI=1S/C10H13F4N2O12P3S2/c11-3-1-16(9(33)15-7(3)32)8-5(10(12,13)14)6(17)4(26-8)2-25-30(21,22)28-31(23,24)27-29(18,19)20/h1,4-6,8,17H,2H2,(H,21,22)(H,23,24)(H,15,32,33)(H2,18,19,20). The quantitative estimate of drug-likeness (QED) is 0.147. The Balaban J connectivity index is 2.25. The summed E-state index contributed by atoms with van der Waals surface area (Å²) in [5, 5.41) is 10.1. The van der Waals surface area contributed by atoms with Crippen LogP contribution in [0.25, 0.3) is 0 Å². The fraction of sp³-hybridized carbons (Fsp3) is 0.600. The lowest BCUT2D eigenvalue weighted by Crippen LogP contribution is -2.39. The summed E-state index contributed by atoms with van der Waals surface area (Å²) in [6, 6.07) is 0. The van der Waals surface area contributed by atoms with Gasteiger partial charge in [0.1, 0.15) is 16.7 Å². The van der Waals surface area contributed by atoms with Crippen molar-refractivity contribution in [3.05, 3.63) is 21.4 Å². The van der Waals surface area contributed by atoms with E-state index in [-0.39, 0.29) is 0 Å². The Morgan fingerprint density at radius 1 is 1.12 bits per heavy atom. The normalized spacial score (nSPS) is 27.8. The van der Waals surface area contributed by atoms with E-state index in [4.69, 9.17) is 31.6 Å². The molecule has 1 aromatic rings. The fourth-order valence-electron chi connectivity index (χ4n) is 2.60. The number of alkyl halides is 3. The summed E-state index contributed by atoms with van der Waals surface area (Å²) in [5.41, 5.74) is 0. The van der Waals surface area contributed by atoms with Crippen LogP contribution in [-0.2, 0) is 31.6 Å². The van der Waals surface area contributed by atoms with Crippen molar-refractivity contribution < 1.29 is 73.8 Å². The summed E-state index contributed by atoms with van der Waals surface area (Å²) in [5.74, 6) is -3.95. The van der Waals surface area contributed by atoms with E-state index < -0.39 is 75.8 Å². The van der Waals surface area contributed by atoms with E-state index in [1.807, 2.05) is 0 Å². The zero-order valence-electron chi connectivity index (χ0n) is 15.3. The van der Waals surface area contributed by atoms with E-state index >= 15 is 0 Å². The van der Waals surface area contributed by atoms with Crippen LogP contribution in [-0.4, -0.2) is 59.2 Å². The van der Waals surface area contributed by atoms with Crippen molar-refractivity contribution in [1.29, 1.82) is 0 Å². The van der Waals surface area contributed by atoms with Gasteiger partial charge >= 0.3 is 29.6 Å². The van der Waals surface area contributed by atoms with Gasteiger partial charge in [-0.25, -0.2) is 18.1 Å². The van der Waals surface area contributed by atoms with E-state index in [2.05, 4.69) is 30.3 Å². The molecular weight excluding hydrogens is 573 g/mol. The molecule has 14 nitrogen and oxygen atoms in total. The first-order valence-corrected chi connectivity index (χ1v) is 13.3. The molecule has 0 amide bonds. The van der Waals surface area contributed by atoms with Gasteiger partial charge in [-0.05, 0) is 12.2 Å². The van der Waals surface area contributed by atoms with Crippen LogP contribution in [0.1, 0.15) is 6.23 Å². The van der Waals surface area contributed by atoms with Gasteiger partial charge in [-0.15, -0.1) is 0 Å². The predicted molar refractivity (Wildman–Crippen MR) is 99.7 cm³/mol. The van der Waals surface area contributed by atoms with Crippen LogP contribution in [0, 0.1) is 21.1 Å². The van der Waals surface area contributed by atoms with Crippen molar-refractivity contribution in [2.75, 3.05) is 6.61 Å². The zero-order chi connectivity index (χ0) is 25.6. The second kappa shape index (κ2) is 9.91. The number of halogens is 4. The third-order valence-corrected chi connectivity index (χ3v) is 8.18. The van der Waals surface area contributed by atoms with Gasteiger partial charge in [-0.3, -0.25) is 9.09 Å². The molecule has 0 bridgehead atoms. The van der Waals surface area contributed by atoms with Gasteiger partial charge in [0.15, 0.2) is 16.8 Å². The maximum absolute atomic E-state index is 13.8. The number of aromatic nitrogens is 2. The van der Waals surface area contributed by atoms with Gasteiger partial charge in [0, 0.05) is 6.20 Å². The van der Waals surface area contributed by atoms with E-state index in [1.54, 1.807) is 0 Å². The Kier molecular flexibility index (Phi) is 8.65. The minimum atomic E-state index is -5.89. The molecule has 0 aliphatic carbocycles. The van der Waals surface area contributed by atoms with Gasteiger partial charge in [0.25, 0.3) is 0 Å². The van der Waals surface area contributed by atoms with Crippen LogP contribution < -0.4 is 0 Å². The number of nitrogens with zero attached hydrogens (tertiary/aromatic N) is 1. The van der Waals surface area contributed by atoms with Crippen LogP contribution in [0.2, 0.25) is 0 Å². The highest BCUT2D eigenvalue weighted by atomic mass is 32.1. The number of phosphoric acid groups is 3. The Morgan fingerprint density at radius 3 is 2.21 bits per heavy atom. The van der Waals surface area contributed by atoms with Gasteiger partial charge in [-0.1, -0.05) is 12.2 Å². The van der Waals surface area contributed by atoms with Gasteiger partial charge in [0.05, 0.1) is 12.7 Å². The van der Waals surface area contributed by atoms with Crippen molar-refractivity contribution in [3.8, 4) is 0 Å². The maximum Gasteiger partial charge on any atom is 0.490 e. The number of phosphoric ester groups is 1. The number of hydrogen-bond donors (Lipinski definition) is 6. The van der Waals surface area contributed by atoms with Crippen molar-refractivity contribution in [3.63, 3.8) is 0 Å². The van der Waals surface area contributed by atoms with Crippen molar-refractivity contribution in [2.24, 2.45) is 5.92 Å². The van der Waals surface area contributed by atoms with E-state index in [0.29, 0.717) is 10.8 Å². The molecule has 6 atom stereocenters. The molecular formula is C10H13F4N2O12P3S2. The second-order valence-electron chi connectivity index (χ2n) is 6.15. The molecule has 1 fully saturated rings. The number of H-pyrrole nitrogens is 1. The molecule has 6 unspecified atom stereocenters. The molecule has 2 heterocycles. The first-order chi connectivity index (χ1) is 14.7. The predicted octanol–water partition coefficient (Wildman–Crippen LogP) is 2.19. The molecule has 0 radical (unpaired) electrons. The maximum atomic E-state index is 13.8. The molecule has 2 rings (SSSR count). The smallest absolute Gasteiger partial charge is 0.389 e. The first kappa shape index (κ1) is 28.8. The molecule has 0 aromatic carbocycles. The summed E-state index contributed by atoms with van der Waals surface area (Å²) >= 11 is 9.35. The number of hydrogen-bond acceptors (Lipinski definition) is 10. The van der Waals surface area contributed by atoms with Gasteiger partial charge in [0.2, 0.25) is 0 Å². The average Bonchev–Trinajstić information content (AvgIpc) is 2.89. The zero-order valence-corrected chi connectivity index (χ0v) is 19.6. The number of aliphatic hydroxyl groups excluding tert-OH is 1. The summed E-state index contributed by atoms with van der Waals surface area (Å²) < 4.78 is 103. The number of nitrogens with one attached hydrogen (secondary N) is 1. The van der Waals surface area contributed by atoms with Crippen LogP contribution in [0.5, 0.6) is 0 Å². The first-order valence-electron chi connectivity index (χ1n) is 7.92. The lowest BCUT2D eigenvalue weighted by Gasteiger charge is -2.24. The van der Waals surface area contributed by atoms with Crippen LogP contribution in [0.3, 0.4) is 0 Å². The van der Waals surface area contributed by atoms with Crippen LogP contribution in [0.4, 0.5) is 17.6 Å². The van der Waals surface area contributed by atoms with Gasteiger partial charge in [-0.2, -0.15) is 21.8 Å². The summed E-state index contributed by atoms with van der Waals surface area (Å²) in [4.78, 5) is 37.5. The monoisotopic (exact) mass is 586 g/mol. The van der Waals surface area contributed by atoms with Crippen molar-refractivity contribution in [2.45, 2.75) is 24.6 Å². The van der Waals surface area contributed by atoms with Gasteiger partial charge < -0.3 is 34.4 Å². The van der Waals surface area contributed by atoms with Crippen LogP contribution in [0.15, 0.2) is 6.20 Å². The van der Waals surface area contributed by atoms with Crippen molar-refractivity contribution >= 4 is 47.9 Å². The highest BCUT2D eigenvalue weighted by Crippen LogP contribution is 2.66. The number of ether oxygens (including phenoxy) is 1. The SMILES string of the molecule is O=P(O)(O)OP(=O)(O)OP(=O)(O)OCC1OC(n2cc(F)c(=S)[nH]c2=S)C(C(F)(F)F)C1O.